The summed E-state index contributed by atoms with van der Waals surface area (Å²) >= 11 is 0. The van der Waals surface area contributed by atoms with Crippen molar-refractivity contribution in [2.75, 3.05) is 11.6 Å². The van der Waals surface area contributed by atoms with Gasteiger partial charge in [-0.3, -0.25) is 0 Å². The van der Waals surface area contributed by atoms with Crippen LogP contribution in [0.1, 0.15) is 18.7 Å². The number of nitrogens with zero attached hydrogens (tertiary/aromatic N) is 4. The third-order valence-corrected chi connectivity index (χ3v) is 6.51. The first-order valence-electron chi connectivity index (χ1n) is 10.1. The van der Waals surface area contributed by atoms with Crippen molar-refractivity contribution in [2.45, 2.75) is 17.9 Å². The minimum Gasteiger partial charge on any atom is -0.360 e. The number of fused-ring (bicyclic) bond motifs is 2. The van der Waals surface area contributed by atoms with E-state index in [0.29, 0.717) is 33.8 Å². The van der Waals surface area contributed by atoms with E-state index in [4.69, 9.17) is 4.98 Å². The van der Waals surface area contributed by atoms with Crippen LogP contribution >= 0.6 is 0 Å². The van der Waals surface area contributed by atoms with Gasteiger partial charge in [-0.2, -0.15) is 0 Å². The first-order valence-corrected chi connectivity index (χ1v) is 12.0. The molecule has 0 fully saturated rings. The van der Waals surface area contributed by atoms with Crippen LogP contribution in [-0.4, -0.2) is 39.6 Å². The summed E-state index contributed by atoms with van der Waals surface area (Å²) in [5, 5.41) is 3.26. The van der Waals surface area contributed by atoms with Crippen LogP contribution in [0.15, 0.2) is 66.1 Å². The van der Waals surface area contributed by atoms with E-state index in [1.165, 1.54) is 24.8 Å². The largest absolute Gasteiger partial charge is 0.360 e. The van der Waals surface area contributed by atoms with Gasteiger partial charge in [-0.15, -0.1) is 0 Å². The summed E-state index contributed by atoms with van der Waals surface area (Å²) in [6.45, 7) is 1.84. The molecule has 166 valence electrons. The van der Waals surface area contributed by atoms with Gasteiger partial charge < -0.3 is 10.3 Å². The predicted molar refractivity (Wildman–Crippen MR) is 124 cm³/mol. The molecule has 10 heteroatoms. The second kappa shape index (κ2) is 7.89. The van der Waals surface area contributed by atoms with Crippen LogP contribution in [-0.2, 0) is 9.84 Å². The van der Waals surface area contributed by atoms with Crippen molar-refractivity contribution in [2.24, 2.45) is 0 Å². The zero-order valence-electron chi connectivity index (χ0n) is 17.7. The Morgan fingerprint density at radius 1 is 1.03 bits per heavy atom. The standard InChI is InChI=1S/C23H19FN6O2S/c1-13(29-23-20-22(26-11-25-20)27-12-28-23)19-17(14-7-4-3-5-8-14)21(33(2,31)32)18-15(24)9-6-10-16(18)30-19/h3-13H,1-2H3,(H2,25,26,27,28,29). The molecular formula is C23H19FN6O2S. The second-order valence-corrected chi connectivity index (χ2v) is 9.62. The number of aromatic amines is 1. The number of imidazole rings is 1. The Kier molecular flexibility index (Phi) is 5.01. The molecule has 1 atom stereocenters. The smallest absolute Gasteiger partial charge is 0.182 e. The van der Waals surface area contributed by atoms with E-state index in [2.05, 4.69) is 25.3 Å². The fourth-order valence-corrected chi connectivity index (χ4v) is 5.14. The molecule has 2 aromatic carbocycles. The molecule has 5 aromatic rings. The van der Waals surface area contributed by atoms with E-state index in [1.807, 2.05) is 13.0 Å². The van der Waals surface area contributed by atoms with E-state index < -0.39 is 21.7 Å². The topological polar surface area (TPSA) is 114 Å². The Labute approximate surface area is 188 Å². The molecule has 0 aliphatic rings. The Bertz CT molecular complexity index is 1600. The van der Waals surface area contributed by atoms with Crippen LogP contribution in [0.25, 0.3) is 33.2 Å². The lowest BCUT2D eigenvalue weighted by molar-refractivity contribution is 0.600. The van der Waals surface area contributed by atoms with Crippen LogP contribution < -0.4 is 5.32 Å². The van der Waals surface area contributed by atoms with Crippen LogP contribution in [0.5, 0.6) is 0 Å². The van der Waals surface area contributed by atoms with Gasteiger partial charge in [0.05, 0.1) is 33.9 Å². The lowest BCUT2D eigenvalue weighted by Gasteiger charge is -2.22. The molecule has 0 saturated carbocycles. The number of benzene rings is 2. The Morgan fingerprint density at radius 2 is 1.82 bits per heavy atom. The van der Waals surface area contributed by atoms with E-state index in [1.54, 1.807) is 30.3 Å². The van der Waals surface area contributed by atoms with Gasteiger partial charge in [0, 0.05) is 11.8 Å². The number of hydrogen-bond donors (Lipinski definition) is 2. The Morgan fingerprint density at radius 3 is 2.58 bits per heavy atom. The fourth-order valence-electron chi connectivity index (χ4n) is 3.97. The molecule has 0 aliphatic heterocycles. The Balaban J connectivity index is 1.80. The molecular weight excluding hydrogens is 443 g/mol. The first kappa shape index (κ1) is 21.0. The van der Waals surface area contributed by atoms with Gasteiger partial charge >= 0.3 is 0 Å². The monoisotopic (exact) mass is 462 g/mol. The summed E-state index contributed by atoms with van der Waals surface area (Å²) < 4.78 is 41.0. The highest BCUT2D eigenvalue weighted by Gasteiger charge is 2.28. The van der Waals surface area contributed by atoms with E-state index in [9.17, 15) is 12.8 Å². The van der Waals surface area contributed by atoms with E-state index in [-0.39, 0.29) is 15.8 Å². The van der Waals surface area contributed by atoms with Crippen LogP contribution in [0.3, 0.4) is 0 Å². The average Bonchev–Trinajstić information content (AvgIpc) is 3.28. The number of anilines is 1. The highest BCUT2D eigenvalue weighted by atomic mass is 32.2. The molecule has 3 aromatic heterocycles. The average molecular weight is 463 g/mol. The quantitative estimate of drug-likeness (QED) is 0.401. The van der Waals surface area contributed by atoms with E-state index in [0.717, 1.165) is 6.26 Å². The van der Waals surface area contributed by atoms with Crippen molar-refractivity contribution in [3.05, 3.63) is 72.7 Å². The number of halogens is 1. The van der Waals surface area contributed by atoms with Gasteiger partial charge in [0.25, 0.3) is 0 Å². The predicted octanol–water partition coefficient (Wildman–Crippen LogP) is 4.28. The summed E-state index contributed by atoms with van der Waals surface area (Å²) in [6.07, 6.45) is 3.99. The normalized spacial score (nSPS) is 12.8. The molecule has 1 unspecified atom stereocenters. The second-order valence-electron chi connectivity index (χ2n) is 7.66. The maximum absolute atomic E-state index is 14.9. The molecule has 0 saturated heterocycles. The maximum Gasteiger partial charge on any atom is 0.182 e. The van der Waals surface area contributed by atoms with E-state index >= 15 is 0 Å². The van der Waals surface area contributed by atoms with Gasteiger partial charge in [-0.1, -0.05) is 36.4 Å². The van der Waals surface area contributed by atoms with Crippen molar-refractivity contribution in [3.63, 3.8) is 0 Å². The molecule has 3 heterocycles. The SMILES string of the molecule is CC(Nc1ncnc2nc[nH]c12)c1nc2cccc(F)c2c(S(C)(=O)=O)c1-c1ccccc1. The van der Waals surface area contributed by atoms with Crippen molar-refractivity contribution in [1.82, 2.24) is 24.9 Å². The number of H-pyrrole nitrogens is 1. The summed E-state index contributed by atoms with van der Waals surface area (Å²) in [5.41, 5.74) is 2.78. The molecule has 8 nitrogen and oxygen atoms in total. The number of rotatable bonds is 5. The minimum absolute atomic E-state index is 0.0206. The molecule has 0 spiro atoms. The minimum atomic E-state index is -3.83. The lowest BCUT2D eigenvalue weighted by Crippen LogP contribution is -2.15. The molecule has 33 heavy (non-hydrogen) atoms. The third kappa shape index (κ3) is 3.68. The molecule has 5 rings (SSSR count). The number of pyridine rings is 1. The maximum atomic E-state index is 14.9. The van der Waals surface area contributed by atoms with Crippen molar-refractivity contribution < 1.29 is 12.8 Å². The van der Waals surface area contributed by atoms with Gasteiger partial charge in [0.1, 0.15) is 17.7 Å². The van der Waals surface area contributed by atoms with Gasteiger partial charge in [0.15, 0.2) is 21.3 Å². The van der Waals surface area contributed by atoms with Crippen molar-refractivity contribution >= 4 is 37.7 Å². The zero-order valence-corrected chi connectivity index (χ0v) is 18.6. The molecule has 0 bridgehead atoms. The van der Waals surface area contributed by atoms with Crippen LogP contribution in [0.4, 0.5) is 10.2 Å². The summed E-state index contributed by atoms with van der Waals surface area (Å²) in [5.74, 6) is -0.147. The van der Waals surface area contributed by atoms with Crippen LogP contribution in [0, 0.1) is 5.82 Å². The van der Waals surface area contributed by atoms with Crippen molar-refractivity contribution in [1.29, 1.82) is 0 Å². The number of aromatic nitrogens is 5. The molecule has 0 amide bonds. The van der Waals surface area contributed by atoms with Gasteiger partial charge in [-0.25, -0.2) is 32.7 Å². The lowest BCUT2D eigenvalue weighted by atomic mass is 9.97. The molecule has 0 radical (unpaired) electrons. The zero-order chi connectivity index (χ0) is 23.2. The highest BCUT2D eigenvalue weighted by molar-refractivity contribution is 7.91. The molecule has 2 N–H and O–H groups in total. The van der Waals surface area contributed by atoms with Gasteiger partial charge in [-0.05, 0) is 24.6 Å². The summed E-state index contributed by atoms with van der Waals surface area (Å²) in [7, 11) is -3.83. The number of nitrogens with one attached hydrogen (secondary N) is 2. The van der Waals surface area contributed by atoms with Crippen LogP contribution in [0.2, 0.25) is 0 Å². The fraction of sp³-hybridized carbons (Fsp3) is 0.130. The highest BCUT2D eigenvalue weighted by Crippen LogP contribution is 2.39. The third-order valence-electron chi connectivity index (χ3n) is 5.36. The first-order chi connectivity index (χ1) is 15.8. The summed E-state index contributed by atoms with van der Waals surface area (Å²) in [4.78, 5) is 20.2. The summed E-state index contributed by atoms with van der Waals surface area (Å²) in [6, 6.07) is 12.9. The Hall–Kier alpha value is -3.92. The molecule has 0 aliphatic carbocycles. The number of hydrogen-bond acceptors (Lipinski definition) is 7. The number of sulfone groups is 1. The van der Waals surface area contributed by atoms with Crippen molar-refractivity contribution in [3.8, 4) is 11.1 Å². The van der Waals surface area contributed by atoms with Gasteiger partial charge in [0.2, 0.25) is 0 Å².